The highest BCUT2D eigenvalue weighted by molar-refractivity contribution is 7.18. The van der Waals surface area contributed by atoms with Gasteiger partial charge in [-0.1, -0.05) is 30.3 Å². The number of halogens is 3. The molecule has 0 fully saturated rings. The molecule has 6 nitrogen and oxygen atoms in total. The van der Waals surface area contributed by atoms with Gasteiger partial charge in [-0.3, -0.25) is 9.59 Å². The number of thiophene rings is 1. The minimum Gasteiger partial charge on any atom is -0.461 e. The van der Waals surface area contributed by atoms with E-state index in [1.165, 1.54) is 33.4 Å². The smallest absolute Gasteiger partial charge is 0.416 e. The van der Waals surface area contributed by atoms with Gasteiger partial charge in [-0.05, 0) is 23.8 Å². The van der Waals surface area contributed by atoms with Crippen molar-refractivity contribution in [1.29, 1.82) is 0 Å². The second-order valence-corrected chi connectivity index (χ2v) is 9.58. The summed E-state index contributed by atoms with van der Waals surface area (Å²) in [7, 11) is 0. The normalized spacial score (nSPS) is 11.9. The number of nitrogens with zero attached hydrogens (tertiary/aromatic N) is 3. The summed E-state index contributed by atoms with van der Waals surface area (Å²) in [5.41, 5.74) is 0.295. The fraction of sp³-hybridized carbons (Fsp3) is 0.167. The molecule has 0 amide bonds. The summed E-state index contributed by atoms with van der Waals surface area (Å²) in [6.45, 7) is 0.0924. The molecule has 0 aliphatic carbocycles. The van der Waals surface area contributed by atoms with Crippen molar-refractivity contribution < 1.29 is 22.7 Å². The van der Waals surface area contributed by atoms with E-state index in [0.29, 0.717) is 26.2 Å². The van der Waals surface area contributed by atoms with Crippen LogP contribution in [-0.4, -0.2) is 20.7 Å². The fourth-order valence-corrected chi connectivity index (χ4v) is 5.34. The van der Waals surface area contributed by atoms with Crippen LogP contribution in [0.5, 0.6) is 0 Å². The third-order valence-corrected chi connectivity index (χ3v) is 7.04. The number of carbonyl (C=O) groups is 1. The van der Waals surface area contributed by atoms with Crippen molar-refractivity contribution in [2.24, 2.45) is 0 Å². The number of esters is 1. The molecule has 11 heteroatoms. The predicted molar refractivity (Wildman–Crippen MR) is 128 cm³/mol. The van der Waals surface area contributed by atoms with Gasteiger partial charge < -0.3 is 4.74 Å². The van der Waals surface area contributed by atoms with Gasteiger partial charge in [0.15, 0.2) is 0 Å². The Kier molecular flexibility index (Phi) is 6.12. The second kappa shape index (κ2) is 9.23. The van der Waals surface area contributed by atoms with Gasteiger partial charge in [-0.15, -0.1) is 11.3 Å². The first-order valence-corrected chi connectivity index (χ1v) is 12.2. The molecule has 35 heavy (non-hydrogen) atoms. The van der Waals surface area contributed by atoms with E-state index in [4.69, 9.17) is 4.74 Å². The average molecular weight is 516 g/mol. The van der Waals surface area contributed by atoms with E-state index < -0.39 is 17.7 Å². The van der Waals surface area contributed by atoms with Gasteiger partial charge in [0, 0.05) is 16.1 Å². The predicted octanol–water partition coefficient (Wildman–Crippen LogP) is 5.42. The molecule has 0 spiro atoms. The zero-order chi connectivity index (χ0) is 24.6. The van der Waals surface area contributed by atoms with E-state index in [2.05, 4.69) is 10.1 Å². The maximum Gasteiger partial charge on any atom is 0.416 e. The number of hydrogen-bond acceptors (Lipinski definition) is 7. The van der Waals surface area contributed by atoms with Crippen molar-refractivity contribution >= 4 is 49.6 Å². The summed E-state index contributed by atoms with van der Waals surface area (Å²) in [5.74, 6) is -0.487. The van der Waals surface area contributed by atoms with E-state index in [-0.39, 0.29) is 30.6 Å². The Morgan fingerprint density at radius 3 is 2.60 bits per heavy atom. The Morgan fingerprint density at radius 2 is 1.83 bits per heavy atom. The Labute approximate surface area is 204 Å². The minimum atomic E-state index is -4.47. The van der Waals surface area contributed by atoms with Crippen molar-refractivity contribution in [1.82, 2.24) is 14.8 Å². The number of carbonyl (C=O) groups excluding carboxylic acids is 1. The number of rotatable bonds is 6. The van der Waals surface area contributed by atoms with Gasteiger partial charge in [-0.25, -0.2) is 9.67 Å². The van der Waals surface area contributed by atoms with E-state index in [1.54, 1.807) is 10.8 Å². The fourth-order valence-electron chi connectivity index (χ4n) is 3.58. The van der Waals surface area contributed by atoms with Crippen LogP contribution in [0.4, 0.5) is 13.2 Å². The van der Waals surface area contributed by atoms with Gasteiger partial charge >= 0.3 is 12.1 Å². The minimum absolute atomic E-state index is 0.0304. The van der Waals surface area contributed by atoms with Crippen LogP contribution in [0.1, 0.15) is 21.8 Å². The zero-order valence-electron chi connectivity index (χ0n) is 17.9. The van der Waals surface area contributed by atoms with Crippen molar-refractivity contribution in [2.45, 2.75) is 25.7 Å². The van der Waals surface area contributed by atoms with Gasteiger partial charge in [0.05, 0.1) is 39.8 Å². The lowest BCUT2D eigenvalue weighted by atomic mass is 10.2. The summed E-state index contributed by atoms with van der Waals surface area (Å²) >= 11 is 2.50. The molecule has 3 aromatic heterocycles. The van der Waals surface area contributed by atoms with Crippen LogP contribution in [-0.2, 0) is 35.3 Å². The van der Waals surface area contributed by atoms with Crippen molar-refractivity contribution in [2.75, 3.05) is 0 Å². The molecule has 0 radical (unpaired) electrons. The van der Waals surface area contributed by atoms with Gasteiger partial charge in [0.25, 0.3) is 5.56 Å². The van der Waals surface area contributed by atoms with Crippen LogP contribution < -0.4 is 5.56 Å². The van der Waals surface area contributed by atoms with E-state index in [1.807, 2.05) is 30.3 Å². The largest absolute Gasteiger partial charge is 0.461 e. The molecular weight excluding hydrogens is 499 g/mol. The van der Waals surface area contributed by atoms with Crippen molar-refractivity contribution in [3.63, 3.8) is 0 Å². The highest BCUT2D eigenvalue weighted by Crippen LogP contribution is 2.33. The number of hydrogen-bond donors (Lipinski definition) is 0. The van der Waals surface area contributed by atoms with Crippen LogP contribution in [0.3, 0.4) is 0 Å². The molecule has 0 saturated carbocycles. The lowest BCUT2D eigenvalue weighted by Gasteiger charge is -2.09. The summed E-state index contributed by atoms with van der Waals surface area (Å²) in [5, 5.41) is 9.24. The molecule has 0 aliphatic heterocycles. The first-order valence-electron chi connectivity index (χ1n) is 10.4. The number of ether oxygens (including phenoxy) is 1. The van der Waals surface area contributed by atoms with Gasteiger partial charge in [0.2, 0.25) is 0 Å². The Balaban J connectivity index is 1.41. The molecule has 0 aliphatic rings. The van der Waals surface area contributed by atoms with Crippen LogP contribution in [0.25, 0.3) is 21.0 Å². The van der Waals surface area contributed by atoms with Crippen LogP contribution in [0.15, 0.2) is 64.1 Å². The Hall–Kier alpha value is -3.57. The van der Waals surface area contributed by atoms with Gasteiger partial charge in [-0.2, -0.15) is 29.6 Å². The monoisotopic (exact) mass is 515 g/mol. The number of benzene rings is 2. The topological polar surface area (TPSA) is 74.1 Å². The standard InChI is InChI=1S/C24H16F3N3O3S2/c25-24(26,27)15-6-7-20-19(8-15)28-21(35-20)10-30-23(32)17-13-34-12-16(17)18(29-30)9-22(31)33-11-14-4-2-1-3-5-14/h1-8,12-13H,9-11H2. The molecule has 3 heterocycles. The first kappa shape index (κ1) is 23.2. The summed E-state index contributed by atoms with van der Waals surface area (Å²) < 4.78 is 46.2. The molecule has 5 rings (SSSR count). The van der Waals surface area contributed by atoms with Crippen LogP contribution >= 0.6 is 22.7 Å². The molecule has 0 unspecified atom stereocenters. The third-order valence-electron chi connectivity index (χ3n) is 5.28. The molecule has 2 aromatic carbocycles. The third kappa shape index (κ3) is 4.96. The summed E-state index contributed by atoms with van der Waals surface area (Å²) in [4.78, 5) is 29.7. The Bertz CT molecular complexity index is 1590. The maximum absolute atomic E-state index is 13.0. The van der Waals surface area contributed by atoms with Crippen LogP contribution in [0.2, 0.25) is 0 Å². The first-order chi connectivity index (χ1) is 16.8. The maximum atomic E-state index is 13.0. The lowest BCUT2D eigenvalue weighted by molar-refractivity contribution is -0.144. The average Bonchev–Trinajstić information content (AvgIpc) is 3.47. The Morgan fingerprint density at radius 1 is 1.06 bits per heavy atom. The van der Waals surface area contributed by atoms with Crippen LogP contribution in [0, 0.1) is 0 Å². The highest BCUT2D eigenvalue weighted by Gasteiger charge is 2.30. The van der Waals surface area contributed by atoms with E-state index in [0.717, 1.165) is 17.7 Å². The number of aromatic nitrogens is 3. The SMILES string of the molecule is O=C(Cc1nn(Cc2nc3cc(C(F)(F)F)ccc3s2)c(=O)c2cscc12)OCc1ccccc1. The van der Waals surface area contributed by atoms with E-state index >= 15 is 0 Å². The molecule has 0 atom stereocenters. The molecular formula is C24H16F3N3O3S2. The number of alkyl halides is 3. The highest BCUT2D eigenvalue weighted by atomic mass is 32.1. The van der Waals surface area contributed by atoms with Crippen molar-refractivity contribution in [3.05, 3.63) is 91.5 Å². The lowest BCUT2D eigenvalue weighted by Crippen LogP contribution is -2.25. The molecule has 0 N–H and O–H groups in total. The number of thiazole rings is 1. The number of fused-ring (bicyclic) bond motifs is 2. The molecule has 0 saturated heterocycles. The molecule has 0 bridgehead atoms. The summed E-state index contributed by atoms with van der Waals surface area (Å²) in [6, 6.07) is 12.6. The van der Waals surface area contributed by atoms with E-state index in [9.17, 15) is 22.8 Å². The zero-order valence-corrected chi connectivity index (χ0v) is 19.5. The molecule has 178 valence electrons. The summed E-state index contributed by atoms with van der Waals surface area (Å²) in [6.07, 6.45) is -4.60. The second-order valence-electron chi connectivity index (χ2n) is 7.72. The molecule has 5 aromatic rings. The van der Waals surface area contributed by atoms with Crippen molar-refractivity contribution in [3.8, 4) is 0 Å². The quantitative estimate of drug-likeness (QED) is 0.282. The van der Waals surface area contributed by atoms with Gasteiger partial charge in [0.1, 0.15) is 11.6 Å².